The molecule has 0 spiro atoms. The summed E-state index contributed by atoms with van der Waals surface area (Å²) in [5.41, 5.74) is 3.02. The van der Waals surface area contributed by atoms with Gasteiger partial charge < -0.3 is 18.8 Å². The molecule has 0 aliphatic carbocycles. The molecule has 7 heteroatoms. The fourth-order valence-corrected chi connectivity index (χ4v) is 3.54. The number of carbonyl (C=O) groups is 1. The topological polar surface area (TPSA) is 80.6 Å². The van der Waals surface area contributed by atoms with Crippen molar-refractivity contribution in [2.75, 3.05) is 27.4 Å². The lowest BCUT2D eigenvalue weighted by atomic mass is 9.98. The van der Waals surface area contributed by atoms with Gasteiger partial charge in [0.1, 0.15) is 11.4 Å². The molecule has 4 rings (SSSR count). The first-order valence-corrected chi connectivity index (χ1v) is 8.80. The molecule has 1 aromatic carbocycles. The molecule has 0 radical (unpaired) electrons. The third-order valence-corrected chi connectivity index (χ3v) is 4.80. The molecule has 3 aromatic rings. The van der Waals surface area contributed by atoms with Gasteiger partial charge in [0.25, 0.3) is 5.91 Å². The highest BCUT2D eigenvalue weighted by Crippen LogP contribution is 2.43. The van der Waals surface area contributed by atoms with Crippen LogP contribution in [0.4, 0.5) is 0 Å². The summed E-state index contributed by atoms with van der Waals surface area (Å²) < 4.78 is 16.0. The number of hydrogen-bond acceptors (Lipinski definition) is 5. The number of carbonyl (C=O) groups excluding carboxylic acids is 1. The average molecular weight is 367 g/mol. The lowest BCUT2D eigenvalue weighted by Gasteiger charge is -2.26. The Morgan fingerprint density at radius 3 is 2.70 bits per heavy atom. The summed E-state index contributed by atoms with van der Waals surface area (Å²) in [6.45, 7) is 1.17. The van der Waals surface area contributed by atoms with E-state index in [0.29, 0.717) is 24.6 Å². The van der Waals surface area contributed by atoms with Gasteiger partial charge in [-0.25, -0.2) is 0 Å². The average Bonchev–Trinajstić information content (AvgIpc) is 3.41. The zero-order valence-electron chi connectivity index (χ0n) is 15.3. The second-order valence-electron chi connectivity index (χ2n) is 6.36. The second-order valence-corrected chi connectivity index (χ2v) is 6.36. The molecule has 7 nitrogen and oxygen atoms in total. The molecule has 3 heterocycles. The monoisotopic (exact) mass is 367 g/mol. The highest BCUT2D eigenvalue weighted by molar-refractivity contribution is 5.99. The van der Waals surface area contributed by atoms with E-state index in [1.165, 1.54) is 0 Å². The maximum absolute atomic E-state index is 13.0. The van der Waals surface area contributed by atoms with E-state index >= 15 is 0 Å². The Morgan fingerprint density at radius 2 is 2.04 bits per heavy atom. The molecule has 1 unspecified atom stereocenters. The lowest BCUT2D eigenvalue weighted by Crippen LogP contribution is -2.31. The number of hydrogen-bond donors (Lipinski definition) is 1. The quantitative estimate of drug-likeness (QED) is 0.648. The summed E-state index contributed by atoms with van der Waals surface area (Å²) in [6.07, 6.45) is 2.36. The van der Waals surface area contributed by atoms with Gasteiger partial charge in [-0.05, 0) is 36.2 Å². The maximum atomic E-state index is 13.0. The number of benzene rings is 1. The number of fused-ring (bicyclic) bond motifs is 1. The van der Waals surface area contributed by atoms with E-state index in [1.54, 1.807) is 20.5 Å². The van der Waals surface area contributed by atoms with Gasteiger partial charge in [0.15, 0.2) is 11.5 Å². The highest BCUT2D eigenvalue weighted by Gasteiger charge is 2.42. The summed E-state index contributed by atoms with van der Waals surface area (Å²) in [4.78, 5) is 14.9. The Morgan fingerprint density at radius 1 is 1.22 bits per heavy atom. The van der Waals surface area contributed by atoms with Crippen molar-refractivity contribution in [3.8, 4) is 17.2 Å². The molecule has 1 atom stereocenters. The fraction of sp³-hybridized carbons (Fsp3) is 0.300. The molecule has 0 bridgehead atoms. The summed E-state index contributed by atoms with van der Waals surface area (Å²) in [5.74, 6) is 1.34. The Bertz CT molecular complexity index is 915. The van der Waals surface area contributed by atoms with Crippen molar-refractivity contribution in [2.24, 2.45) is 0 Å². The van der Waals surface area contributed by atoms with Crippen molar-refractivity contribution >= 4 is 5.91 Å². The highest BCUT2D eigenvalue weighted by atomic mass is 16.5. The van der Waals surface area contributed by atoms with Crippen LogP contribution >= 0.6 is 0 Å². The van der Waals surface area contributed by atoms with E-state index in [0.717, 1.165) is 29.0 Å². The Hall–Kier alpha value is -3.06. The minimum Gasteiger partial charge on any atom is -0.497 e. The Labute approximate surface area is 156 Å². The zero-order chi connectivity index (χ0) is 18.8. The maximum Gasteiger partial charge on any atom is 0.275 e. The van der Waals surface area contributed by atoms with E-state index in [2.05, 4.69) is 10.2 Å². The van der Waals surface area contributed by atoms with Crippen LogP contribution in [0.2, 0.25) is 0 Å². The molecule has 27 heavy (non-hydrogen) atoms. The van der Waals surface area contributed by atoms with Gasteiger partial charge in [-0.2, -0.15) is 5.10 Å². The van der Waals surface area contributed by atoms with Crippen LogP contribution in [0, 0.1) is 0 Å². The first-order chi connectivity index (χ1) is 13.2. The van der Waals surface area contributed by atoms with Crippen molar-refractivity contribution in [1.29, 1.82) is 0 Å². The third kappa shape index (κ3) is 3.00. The van der Waals surface area contributed by atoms with Gasteiger partial charge >= 0.3 is 0 Å². The first kappa shape index (κ1) is 17.4. The van der Waals surface area contributed by atoms with Crippen LogP contribution in [-0.4, -0.2) is 48.4 Å². The van der Waals surface area contributed by atoms with Crippen molar-refractivity contribution in [1.82, 2.24) is 15.1 Å². The number of aromatic nitrogens is 2. The van der Waals surface area contributed by atoms with Crippen LogP contribution < -0.4 is 4.74 Å². The molecule has 0 saturated carbocycles. The number of aromatic amines is 1. The van der Waals surface area contributed by atoms with E-state index in [-0.39, 0.29) is 11.9 Å². The van der Waals surface area contributed by atoms with Crippen LogP contribution in [0.25, 0.3) is 11.5 Å². The Balaban J connectivity index is 1.78. The van der Waals surface area contributed by atoms with Gasteiger partial charge in [-0.1, -0.05) is 12.1 Å². The molecule has 140 valence electrons. The van der Waals surface area contributed by atoms with Crippen LogP contribution in [0.1, 0.15) is 34.1 Å². The molecule has 1 N–H and O–H groups in total. The van der Waals surface area contributed by atoms with E-state index in [4.69, 9.17) is 13.9 Å². The number of methoxy groups -OCH3 is 2. The number of nitrogens with one attached hydrogen (secondary N) is 1. The summed E-state index contributed by atoms with van der Waals surface area (Å²) in [6, 6.07) is 11.2. The van der Waals surface area contributed by atoms with Crippen LogP contribution in [-0.2, 0) is 4.74 Å². The van der Waals surface area contributed by atoms with Crippen molar-refractivity contribution < 1.29 is 18.7 Å². The van der Waals surface area contributed by atoms with Crippen LogP contribution in [0.15, 0.2) is 47.1 Å². The molecule has 0 saturated heterocycles. The summed E-state index contributed by atoms with van der Waals surface area (Å²) >= 11 is 0. The van der Waals surface area contributed by atoms with Gasteiger partial charge in [0.05, 0.1) is 19.4 Å². The Kier molecular flexibility index (Phi) is 4.68. The fourth-order valence-electron chi connectivity index (χ4n) is 3.54. The van der Waals surface area contributed by atoms with Gasteiger partial charge in [0.2, 0.25) is 0 Å². The van der Waals surface area contributed by atoms with E-state index < -0.39 is 0 Å². The minimum atomic E-state index is -0.242. The molecule has 2 aromatic heterocycles. The van der Waals surface area contributed by atoms with Crippen LogP contribution in [0.3, 0.4) is 0 Å². The molecular formula is C20H21N3O4. The van der Waals surface area contributed by atoms with Crippen molar-refractivity contribution in [3.05, 3.63) is 59.5 Å². The van der Waals surface area contributed by atoms with Gasteiger partial charge in [-0.3, -0.25) is 9.89 Å². The third-order valence-electron chi connectivity index (χ3n) is 4.80. The van der Waals surface area contributed by atoms with Crippen LogP contribution in [0.5, 0.6) is 5.75 Å². The zero-order valence-corrected chi connectivity index (χ0v) is 15.3. The standard InChI is InChI=1S/C20H21N3O4/c1-25-11-4-10-23-19(13-6-8-14(26-2)9-7-13)16-17(15-5-3-12-27-15)21-22-18(16)20(23)24/h3,5-9,12,19H,4,10-11H2,1-2H3,(H,21,22). The molecule has 1 aliphatic heterocycles. The summed E-state index contributed by atoms with van der Waals surface area (Å²) in [5, 5.41) is 7.27. The van der Waals surface area contributed by atoms with E-state index in [9.17, 15) is 4.79 Å². The van der Waals surface area contributed by atoms with Gasteiger partial charge in [0, 0.05) is 25.8 Å². The molecule has 0 fully saturated rings. The normalized spacial score (nSPS) is 16.0. The second kappa shape index (κ2) is 7.28. The number of H-pyrrole nitrogens is 1. The lowest BCUT2D eigenvalue weighted by molar-refractivity contribution is 0.0723. The van der Waals surface area contributed by atoms with Crippen molar-refractivity contribution in [2.45, 2.75) is 12.5 Å². The largest absolute Gasteiger partial charge is 0.497 e. The summed E-state index contributed by atoms with van der Waals surface area (Å²) in [7, 11) is 3.29. The van der Waals surface area contributed by atoms with E-state index in [1.807, 2.05) is 41.3 Å². The number of ether oxygens (including phenoxy) is 2. The predicted molar refractivity (Wildman–Crippen MR) is 98.7 cm³/mol. The predicted octanol–water partition coefficient (Wildman–Crippen LogP) is 3.26. The number of furan rings is 1. The molecular weight excluding hydrogens is 346 g/mol. The van der Waals surface area contributed by atoms with Crippen molar-refractivity contribution in [3.63, 3.8) is 0 Å². The number of rotatable bonds is 7. The minimum absolute atomic E-state index is 0.0871. The first-order valence-electron chi connectivity index (χ1n) is 8.80. The number of amides is 1. The van der Waals surface area contributed by atoms with Gasteiger partial charge in [-0.15, -0.1) is 0 Å². The number of nitrogens with zero attached hydrogens (tertiary/aromatic N) is 2. The smallest absolute Gasteiger partial charge is 0.275 e. The molecule has 1 aliphatic rings. The molecule has 1 amide bonds. The SMILES string of the molecule is COCCCN1C(=O)c2n[nH]c(-c3ccco3)c2C1c1ccc(OC)cc1.